The van der Waals surface area contributed by atoms with Gasteiger partial charge in [-0.25, -0.2) is 13.1 Å². The number of hydrogen-bond acceptors (Lipinski definition) is 5. The first-order valence-corrected chi connectivity index (χ1v) is 11.7. The predicted octanol–water partition coefficient (Wildman–Crippen LogP) is 1.76. The van der Waals surface area contributed by atoms with Crippen molar-refractivity contribution >= 4 is 51.6 Å². The number of hydrogen-bond donors (Lipinski definition) is 3. The first-order valence-electron chi connectivity index (χ1n) is 9.85. The molecule has 30 heavy (non-hydrogen) atoms. The number of nitrogens with one attached hydrogen (secondary N) is 3. The van der Waals surface area contributed by atoms with E-state index in [4.69, 9.17) is 16.3 Å². The van der Waals surface area contributed by atoms with Crippen LogP contribution in [0.3, 0.4) is 0 Å². The van der Waals surface area contributed by atoms with Gasteiger partial charge in [-0.05, 0) is 24.1 Å². The van der Waals surface area contributed by atoms with Gasteiger partial charge in [0, 0.05) is 50.8 Å². The van der Waals surface area contributed by atoms with Crippen LogP contribution in [0.15, 0.2) is 34.2 Å². The van der Waals surface area contributed by atoms with Crippen LogP contribution in [-0.4, -0.2) is 78.3 Å². The summed E-state index contributed by atoms with van der Waals surface area (Å²) in [7, 11) is -1.89. The molecule has 0 aromatic heterocycles. The van der Waals surface area contributed by atoms with Gasteiger partial charge in [-0.15, -0.1) is 24.0 Å². The average Bonchev–Trinajstić information content (AvgIpc) is 2.70. The van der Waals surface area contributed by atoms with Crippen molar-refractivity contribution in [3.05, 3.63) is 29.3 Å². The maximum atomic E-state index is 12.3. The van der Waals surface area contributed by atoms with Gasteiger partial charge in [0.15, 0.2) is 5.96 Å². The van der Waals surface area contributed by atoms with E-state index >= 15 is 0 Å². The zero-order chi connectivity index (χ0) is 21.3. The highest BCUT2D eigenvalue weighted by Crippen LogP contribution is 2.15. The van der Waals surface area contributed by atoms with E-state index in [2.05, 4.69) is 39.1 Å². The summed E-state index contributed by atoms with van der Waals surface area (Å²) >= 11 is 5.87. The van der Waals surface area contributed by atoms with Crippen LogP contribution in [0.25, 0.3) is 0 Å². The molecule has 1 fully saturated rings. The number of halogens is 2. The summed E-state index contributed by atoms with van der Waals surface area (Å²) in [6.07, 6.45) is 0. The molecule has 1 aliphatic rings. The molecule has 0 radical (unpaired) electrons. The lowest BCUT2D eigenvalue weighted by atomic mass is 10.0. The van der Waals surface area contributed by atoms with Crippen LogP contribution < -0.4 is 15.4 Å². The number of rotatable bonds is 9. The molecule has 0 spiro atoms. The van der Waals surface area contributed by atoms with E-state index in [-0.39, 0.29) is 35.4 Å². The number of aliphatic imine (C=N–C) groups is 1. The van der Waals surface area contributed by atoms with Crippen molar-refractivity contribution in [2.24, 2.45) is 10.9 Å². The monoisotopic (exact) mass is 573 g/mol. The molecule has 1 atom stereocenters. The first kappa shape index (κ1) is 27.4. The number of benzene rings is 1. The second kappa shape index (κ2) is 13.7. The number of morpholine rings is 1. The van der Waals surface area contributed by atoms with Crippen LogP contribution in [0.5, 0.6) is 0 Å². The second-order valence-corrected chi connectivity index (χ2v) is 9.40. The molecule has 8 nitrogen and oxygen atoms in total. The Bertz CT molecular complexity index is 773. The lowest BCUT2D eigenvalue weighted by Gasteiger charge is -2.37. The Hall–Kier alpha value is -0.660. The maximum absolute atomic E-state index is 12.3. The fourth-order valence-electron chi connectivity index (χ4n) is 3.20. The van der Waals surface area contributed by atoms with E-state index in [9.17, 15) is 8.42 Å². The van der Waals surface area contributed by atoms with Crippen molar-refractivity contribution < 1.29 is 13.2 Å². The Balaban J connectivity index is 0.00000450. The smallest absolute Gasteiger partial charge is 0.240 e. The van der Waals surface area contributed by atoms with Crippen LogP contribution in [0.4, 0.5) is 0 Å². The van der Waals surface area contributed by atoms with Gasteiger partial charge in [-0.3, -0.25) is 9.89 Å². The summed E-state index contributed by atoms with van der Waals surface area (Å²) in [5, 5.41) is 6.88. The Morgan fingerprint density at radius 1 is 1.23 bits per heavy atom. The number of ether oxygens (including phenoxy) is 1. The third-order valence-corrected chi connectivity index (χ3v) is 6.50. The van der Waals surface area contributed by atoms with Crippen molar-refractivity contribution in [1.82, 2.24) is 20.3 Å². The molecule has 1 aliphatic heterocycles. The van der Waals surface area contributed by atoms with Crippen LogP contribution in [0, 0.1) is 5.92 Å². The first-order chi connectivity index (χ1) is 13.8. The largest absolute Gasteiger partial charge is 0.379 e. The minimum absolute atomic E-state index is 0. The quantitative estimate of drug-likeness (QED) is 0.180. The van der Waals surface area contributed by atoms with Crippen LogP contribution in [0.1, 0.15) is 13.8 Å². The number of nitrogens with zero attached hydrogens (tertiary/aromatic N) is 2. The van der Waals surface area contributed by atoms with Gasteiger partial charge >= 0.3 is 0 Å². The number of guanidine groups is 1. The van der Waals surface area contributed by atoms with E-state index in [1.54, 1.807) is 19.2 Å². The highest BCUT2D eigenvalue weighted by molar-refractivity contribution is 14.0. The summed E-state index contributed by atoms with van der Waals surface area (Å²) in [5.41, 5.74) is 0. The van der Waals surface area contributed by atoms with E-state index in [0.717, 1.165) is 32.8 Å². The molecule has 3 N–H and O–H groups in total. The predicted molar refractivity (Wildman–Crippen MR) is 132 cm³/mol. The Morgan fingerprint density at radius 3 is 2.53 bits per heavy atom. The van der Waals surface area contributed by atoms with Gasteiger partial charge in [0.25, 0.3) is 0 Å². The molecule has 11 heteroatoms. The van der Waals surface area contributed by atoms with E-state index < -0.39 is 10.0 Å². The zero-order valence-electron chi connectivity index (χ0n) is 17.7. The van der Waals surface area contributed by atoms with Crippen molar-refractivity contribution in [3.8, 4) is 0 Å². The van der Waals surface area contributed by atoms with Crippen molar-refractivity contribution in [1.29, 1.82) is 0 Å². The third kappa shape index (κ3) is 8.83. The van der Waals surface area contributed by atoms with E-state index in [1.165, 1.54) is 12.1 Å². The van der Waals surface area contributed by atoms with Crippen molar-refractivity contribution in [3.63, 3.8) is 0 Å². The summed E-state index contributed by atoms with van der Waals surface area (Å²) in [6, 6.07) is 6.56. The van der Waals surface area contributed by atoms with Crippen molar-refractivity contribution in [2.45, 2.75) is 24.8 Å². The Kier molecular flexibility index (Phi) is 12.5. The average molecular weight is 574 g/mol. The normalized spacial score (nSPS) is 16.8. The van der Waals surface area contributed by atoms with Gasteiger partial charge in [0.2, 0.25) is 10.0 Å². The molecular weight excluding hydrogens is 541 g/mol. The number of sulfonamides is 1. The molecule has 0 bridgehead atoms. The SMILES string of the molecule is CN=C(NCCNS(=O)(=O)c1cccc(Cl)c1)NCC(C(C)C)N1CCOCC1.I. The highest BCUT2D eigenvalue weighted by atomic mass is 127. The molecule has 1 unspecified atom stereocenters. The van der Waals surface area contributed by atoms with Gasteiger partial charge < -0.3 is 15.4 Å². The minimum Gasteiger partial charge on any atom is -0.379 e. The summed E-state index contributed by atoms with van der Waals surface area (Å²) in [5.74, 6) is 1.13. The molecular formula is C19H33ClIN5O3S. The summed E-state index contributed by atoms with van der Waals surface area (Å²) in [4.78, 5) is 6.81. The highest BCUT2D eigenvalue weighted by Gasteiger charge is 2.23. The molecule has 0 saturated carbocycles. The standard InChI is InChI=1S/C19H32ClN5O3S.HI/c1-15(2)18(25-9-11-28-12-10-25)14-23-19(21-3)22-7-8-24-29(26,27)17-6-4-5-16(20)13-17;/h4-6,13,15,18,24H,7-12,14H2,1-3H3,(H2,21,22,23);1H. The van der Waals surface area contributed by atoms with E-state index in [0.29, 0.717) is 29.5 Å². The Morgan fingerprint density at radius 2 is 1.93 bits per heavy atom. The minimum atomic E-state index is -3.59. The summed E-state index contributed by atoms with van der Waals surface area (Å²) in [6.45, 7) is 9.21. The van der Waals surface area contributed by atoms with Crippen molar-refractivity contribution in [2.75, 3.05) is 53.0 Å². The lowest BCUT2D eigenvalue weighted by molar-refractivity contribution is 0.00752. The van der Waals surface area contributed by atoms with Gasteiger partial charge in [-0.1, -0.05) is 31.5 Å². The van der Waals surface area contributed by atoms with Crippen LogP contribution >= 0.6 is 35.6 Å². The lowest BCUT2D eigenvalue weighted by Crippen LogP contribution is -2.53. The molecule has 1 aromatic rings. The molecule has 1 heterocycles. The third-order valence-electron chi connectivity index (χ3n) is 4.80. The molecule has 2 rings (SSSR count). The maximum Gasteiger partial charge on any atom is 0.240 e. The molecule has 1 saturated heterocycles. The molecule has 1 aromatic carbocycles. The van der Waals surface area contributed by atoms with Gasteiger partial charge in [0.05, 0.1) is 18.1 Å². The molecule has 0 aliphatic carbocycles. The van der Waals surface area contributed by atoms with Gasteiger partial charge in [-0.2, -0.15) is 0 Å². The van der Waals surface area contributed by atoms with Crippen LogP contribution in [0.2, 0.25) is 5.02 Å². The van der Waals surface area contributed by atoms with Gasteiger partial charge in [0.1, 0.15) is 0 Å². The molecule has 172 valence electrons. The fraction of sp³-hybridized carbons (Fsp3) is 0.632. The zero-order valence-corrected chi connectivity index (χ0v) is 21.6. The Labute approximate surface area is 202 Å². The topological polar surface area (TPSA) is 95.1 Å². The van der Waals surface area contributed by atoms with E-state index in [1.807, 2.05) is 0 Å². The second-order valence-electron chi connectivity index (χ2n) is 7.19. The summed E-state index contributed by atoms with van der Waals surface area (Å²) < 4.78 is 32.6. The fourth-order valence-corrected chi connectivity index (χ4v) is 4.53. The van der Waals surface area contributed by atoms with Crippen LogP contribution in [-0.2, 0) is 14.8 Å². The molecule has 0 amide bonds.